The minimum absolute atomic E-state index is 0.229. The third kappa shape index (κ3) is 3.29. The van der Waals surface area contributed by atoms with Gasteiger partial charge in [-0.1, -0.05) is 25.4 Å². The quantitative estimate of drug-likeness (QED) is 0.823. The Morgan fingerprint density at radius 3 is 2.69 bits per heavy atom. The molecule has 2 N–H and O–H groups in total. The lowest BCUT2D eigenvalue weighted by atomic mass is 9.88. The summed E-state index contributed by atoms with van der Waals surface area (Å²) in [7, 11) is 0. The van der Waals surface area contributed by atoms with Crippen LogP contribution in [0.1, 0.15) is 25.1 Å². The molecule has 0 amide bonds. The van der Waals surface area contributed by atoms with Crippen LogP contribution in [0.2, 0.25) is 5.02 Å². The van der Waals surface area contributed by atoms with Crippen LogP contribution < -0.4 is 5.73 Å². The van der Waals surface area contributed by atoms with Crippen LogP contribution in [0, 0.1) is 5.41 Å². The number of rotatable bonds is 4. The summed E-state index contributed by atoms with van der Waals surface area (Å²) in [5.41, 5.74) is 5.88. The van der Waals surface area contributed by atoms with Gasteiger partial charge >= 0.3 is 0 Å². The Hall–Kier alpha value is -0.0500. The van der Waals surface area contributed by atoms with E-state index in [-0.39, 0.29) is 5.41 Å². The molecule has 0 unspecified atom stereocenters. The number of halogens is 1. The molecule has 0 fully saturated rings. The van der Waals surface area contributed by atoms with Gasteiger partial charge in [-0.25, -0.2) is 0 Å². The second-order valence-corrected chi connectivity index (χ2v) is 5.47. The largest absolute Gasteiger partial charge is 0.330 e. The van der Waals surface area contributed by atoms with E-state index in [1.165, 1.54) is 4.88 Å². The van der Waals surface area contributed by atoms with Crippen molar-refractivity contribution >= 4 is 22.9 Å². The van der Waals surface area contributed by atoms with Gasteiger partial charge in [-0.15, -0.1) is 11.3 Å². The Labute approximate surface area is 88.9 Å². The Kier molecular flexibility index (Phi) is 3.77. The van der Waals surface area contributed by atoms with Gasteiger partial charge in [0.1, 0.15) is 0 Å². The molecule has 0 aliphatic rings. The van der Waals surface area contributed by atoms with Crippen LogP contribution in [-0.2, 0) is 6.42 Å². The molecule has 1 nitrogen and oxygen atoms in total. The summed E-state index contributed by atoms with van der Waals surface area (Å²) in [5, 5.41) is 2.94. The Morgan fingerprint density at radius 2 is 2.23 bits per heavy atom. The van der Waals surface area contributed by atoms with Gasteiger partial charge in [0.25, 0.3) is 0 Å². The van der Waals surface area contributed by atoms with Crippen LogP contribution in [0.4, 0.5) is 0 Å². The molecule has 3 heteroatoms. The van der Waals surface area contributed by atoms with E-state index >= 15 is 0 Å². The maximum atomic E-state index is 5.99. The van der Waals surface area contributed by atoms with E-state index in [1.807, 2.05) is 11.4 Å². The van der Waals surface area contributed by atoms with Gasteiger partial charge in [-0.2, -0.15) is 0 Å². The fraction of sp³-hybridized carbons (Fsp3) is 0.600. The molecule has 74 valence electrons. The second-order valence-electron chi connectivity index (χ2n) is 4.06. The molecule has 0 aromatic carbocycles. The molecule has 0 aliphatic heterocycles. The zero-order chi connectivity index (χ0) is 9.90. The van der Waals surface area contributed by atoms with Crippen LogP contribution in [-0.4, -0.2) is 6.54 Å². The minimum Gasteiger partial charge on any atom is -0.330 e. The molecule has 0 atom stereocenters. The van der Waals surface area contributed by atoms with Crippen molar-refractivity contribution in [1.82, 2.24) is 0 Å². The predicted octanol–water partition coefficient (Wildman–Crippen LogP) is 3.32. The lowest BCUT2D eigenvalue weighted by Crippen LogP contribution is -2.23. The van der Waals surface area contributed by atoms with E-state index in [9.17, 15) is 0 Å². The monoisotopic (exact) mass is 217 g/mol. The minimum atomic E-state index is 0.229. The van der Waals surface area contributed by atoms with Gasteiger partial charge in [0.05, 0.1) is 5.02 Å². The smallest absolute Gasteiger partial charge is 0.0544 e. The summed E-state index contributed by atoms with van der Waals surface area (Å²) in [4.78, 5) is 1.28. The normalized spacial score (nSPS) is 12.0. The molecule has 1 aromatic rings. The first kappa shape index (κ1) is 11.0. The van der Waals surface area contributed by atoms with Crippen molar-refractivity contribution < 1.29 is 0 Å². The summed E-state index contributed by atoms with van der Waals surface area (Å²) in [6.07, 6.45) is 2.14. The molecule has 0 saturated heterocycles. The van der Waals surface area contributed by atoms with E-state index in [2.05, 4.69) is 13.8 Å². The van der Waals surface area contributed by atoms with E-state index in [0.717, 1.165) is 24.4 Å². The van der Waals surface area contributed by atoms with Crippen molar-refractivity contribution in [2.24, 2.45) is 11.1 Å². The fourth-order valence-corrected chi connectivity index (χ4v) is 2.19. The lowest BCUT2D eigenvalue weighted by Gasteiger charge is -2.21. The highest BCUT2D eigenvalue weighted by Crippen LogP contribution is 2.28. The number of hydrogen-bond donors (Lipinski definition) is 1. The number of aryl methyl sites for hydroxylation is 1. The molecule has 0 aliphatic carbocycles. The van der Waals surface area contributed by atoms with Crippen LogP contribution in [0.25, 0.3) is 0 Å². The van der Waals surface area contributed by atoms with Gasteiger partial charge in [-0.05, 0) is 36.2 Å². The molecule has 0 bridgehead atoms. The van der Waals surface area contributed by atoms with E-state index in [0.29, 0.717) is 0 Å². The zero-order valence-corrected chi connectivity index (χ0v) is 9.71. The maximum Gasteiger partial charge on any atom is 0.0544 e. The lowest BCUT2D eigenvalue weighted by molar-refractivity contribution is 0.349. The van der Waals surface area contributed by atoms with Crippen LogP contribution in [0.5, 0.6) is 0 Å². The fourth-order valence-electron chi connectivity index (χ4n) is 1.06. The first-order valence-corrected chi connectivity index (χ1v) is 5.73. The highest BCUT2D eigenvalue weighted by atomic mass is 35.5. The van der Waals surface area contributed by atoms with Crippen molar-refractivity contribution in [1.29, 1.82) is 0 Å². The van der Waals surface area contributed by atoms with Crippen LogP contribution in [0.15, 0.2) is 11.4 Å². The Morgan fingerprint density at radius 1 is 1.54 bits per heavy atom. The molecule has 0 saturated carbocycles. The average Bonchev–Trinajstić information content (AvgIpc) is 2.48. The molecule has 13 heavy (non-hydrogen) atoms. The molecule has 1 heterocycles. The standard InChI is InChI=1S/C10H16ClNS/c1-10(2,7-12)5-3-9-8(11)4-6-13-9/h4,6H,3,5,7,12H2,1-2H3. The first-order valence-electron chi connectivity index (χ1n) is 4.47. The number of thiophene rings is 1. The summed E-state index contributed by atoms with van der Waals surface area (Å²) in [5.74, 6) is 0. The Bertz CT molecular complexity index is 268. The van der Waals surface area contributed by atoms with Gasteiger partial charge in [0, 0.05) is 4.88 Å². The number of nitrogens with two attached hydrogens (primary N) is 1. The van der Waals surface area contributed by atoms with Gasteiger partial charge in [-0.3, -0.25) is 0 Å². The molecule has 1 aromatic heterocycles. The summed E-state index contributed by atoms with van der Waals surface area (Å²) in [6.45, 7) is 5.11. The van der Waals surface area contributed by atoms with Crippen LogP contribution >= 0.6 is 22.9 Å². The van der Waals surface area contributed by atoms with E-state index < -0.39 is 0 Å². The number of hydrogen-bond acceptors (Lipinski definition) is 2. The maximum absolute atomic E-state index is 5.99. The van der Waals surface area contributed by atoms with Gasteiger partial charge in [0.2, 0.25) is 0 Å². The highest BCUT2D eigenvalue weighted by Gasteiger charge is 2.16. The second kappa shape index (κ2) is 4.45. The Balaban J connectivity index is 2.48. The zero-order valence-electron chi connectivity index (χ0n) is 8.14. The summed E-state index contributed by atoms with van der Waals surface area (Å²) >= 11 is 7.72. The van der Waals surface area contributed by atoms with Crippen molar-refractivity contribution in [3.63, 3.8) is 0 Å². The van der Waals surface area contributed by atoms with Crippen molar-refractivity contribution in [2.45, 2.75) is 26.7 Å². The van der Waals surface area contributed by atoms with Crippen LogP contribution in [0.3, 0.4) is 0 Å². The topological polar surface area (TPSA) is 26.0 Å². The molecular weight excluding hydrogens is 202 g/mol. The van der Waals surface area contributed by atoms with E-state index in [1.54, 1.807) is 11.3 Å². The van der Waals surface area contributed by atoms with E-state index in [4.69, 9.17) is 17.3 Å². The predicted molar refractivity (Wildman–Crippen MR) is 60.5 cm³/mol. The summed E-state index contributed by atoms with van der Waals surface area (Å²) < 4.78 is 0. The average molecular weight is 218 g/mol. The third-order valence-corrected chi connectivity index (χ3v) is 3.72. The van der Waals surface area contributed by atoms with Crippen molar-refractivity contribution in [3.8, 4) is 0 Å². The summed E-state index contributed by atoms with van der Waals surface area (Å²) in [6, 6.07) is 1.96. The van der Waals surface area contributed by atoms with Crippen molar-refractivity contribution in [2.75, 3.05) is 6.54 Å². The van der Waals surface area contributed by atoms with Gasteiger partial charge < -0.3 is 5.73 Å². The molecule has 0 radical (unpaired) electrons. The highest BCUT2D eigenvalue weighted by molar-refractivity contribution is 7.10. The first-order chi connectivity index (χ1) is 6.05. The van der Waals surface area contributed by atoms with Gasteiger partial charge in [0.15, 0.2) is 0 Å². The molecule has 0 spiro atoms. The molecular formula is C10H16ClNS. The third-order valence-electron chi connectivity index (χ3n) is 2.27. The van der Waals surface area contributed by atoms with Crippen molar-refractivity contribution in [3.05, 3.63) is 21.3 Å². The SMILES string of the molecule is CC(C)(CN)CCc1sccc1Cl. The molecule has 1 rings (SSSR count).